The van der Waals surface area contributed by atoms with Crippen molar-refractivity contribution in [2.45, 2.75) is 58.9 Å². The molecule has 2 heteroatoms. The third kappa shape index (κ3) is 2.84. The van der Waals surface area contributed by atoms with Gasteiger partial charge in [-0.2, -0.15) is 0 Å². The van der Waals surface area contributed by atoms with Crippen molar-refractivity contribution in [3.63, 3.8) is 0 Å². The maximum absolute atomic E-state index is 14.3. The largest absolute Gasteiger partial charge is 0.321 e. The van der Waals surface area contributed by atoms with Gasteiger partial charge in [-0.3, -0.25) is 0 Å². The van der Waals surface area contributed by atoms with Crippen LogP contribution in [0.1, 0.15) is 56.2 Å². The Balaban J connectivity index is 2.28. The lowest BCUT2D eigenvalue weighted by Gasteiger charge is -2.40. The van der Waals surface area contributed by atoms with Crippen molar-refractivity contribution in [1.82, 2.24) is 0 Å². The average molecular weight is 263 g/mol. The molecule has 0 aromatic heterocycles. The van der Waals surface area contributed by atoms with Crippen LogP contribution in [0.15, 0.2) is 12.1 Å². The highest BCUT2D eigenvalue weighted by atomic mass is 19.1. The summed E-state index contributed by atoms with van der Waals surface area (Å²) in [4.78, 5) is 0. The number of halogens is 1. The number of benzene rings is 1. The van der Waals surface area contributed by atoms with Crippen LogP contribution in [0.25, 0.3) is 0 Å². The fourth-order valence-electron chi connectivity index (χ4n) is 3.62. The summed E-state index contributed by atoms with van der Waals surface area (Å²) in [5, 5.41) is 0. The minimum absolute atomic E-state index is 0.122. The van der Waals surface area contributed by atoms with Crippen molar-refractivity contribution in [3.8, 4) is 0 Å². The molecule has 106 valence electrons. The highest BCUT2D eigenvalue weighted by molar-refractivity contribution is 5.37. The summed E-state index contributed by atoms with van der Waals surface area (Å²) in [6.07, 6.45) is 4.02. The molecule has 1 aromatic carbocycles. The molecule has 0 saturated heterocycles. The molecule has 1 aromatic rings. The molecule has 19 heavy (non-hydrogen) atoms. The fourth-order valence-corrected chi connectivity index (χ4v) is 3.62. The van der Waals surface area contributed by atoms with Gasteiger partial charge in [0.2, 0.25) is 0 Å². The summed E-state index contributed by atoms with van der Waals surface area (Å²) in [5.74, 6) is 1.32. The number of hydrogen-bond donors (Lipinski definition) is 1. The summed E-state index contributed by atoms with van der Waals surface area (Å²) in [6, 6.07) is 3.66. The number of hydrogen-bond acceptors (Lipinski definition) is 1. The summed E-state index contributed by atoms with van der Waals surface area (Å²) in [6.45, 7) is 8.45. The Morgan fingerprint density at radius 3 is 2.26 bits per heavy atom. The molecule has 1 fully saturated rings. The van der Waals surface area contributed by atoms with Crippen LogP contribution in [-0.2, 0) is 5.54 Å². The van der Waals surface area contributed by atoms with E-state index in [0.717, 1.165) is 48.3 Å². The zero-order valence-electron chi connectivity index (χ0n) is 12.6. The van der Waals surface area contributed by atoms with Gasteiger partial charge in [0, 0.05) is 11.1 Å². The molecule has 0 aliphatic heterocycles. The summed E-state index contributed by atoms with van der Waals surface area (Å²) >= 11 is 0. The van der Waals surface area contributed by atoms with E-state index < -0.39 is 5.54 Å². The molecule has 1 aliphatic rings. The van der Waals surface area contributed by atoms with Crippen LogP contribution in [0.3, 0.4) is 0 Å². The molecule has 1 saturated carbocycles. The van der Waals surface area contributed by atoms with Gasteiger partial charge in [-0.1, -0.05) is 19.9 Å². The van der Waals surface area contributed by atoms with E-state index in [4.69, 9.17) is 5.73 Å². The molecule has 0 bridgehead atoms. The SMILES string of the molecule is Cc1cc(C)c(C2(N)CCC(C(C)C)CC2)c(F)c1. The Bertz CT molecular complexity index is 433. The van der Waals surface area contributed by atoms with E-state index in [1.807, 2.05) is 19.9 Å². The normalized spacial score (nSPS) is 27.8. The van der Waals surface area contributed by atoms with Crippen molar-refractivity contribution in [2.24, 2.45) is 17.6 Å². The quantitative estimate of drug-likeness (QED) is 0.838. The average Bonchev–Trinajstić information content (AvgIpc) is 2.27. The van der Waals surface area contributed by atoms with Crippen LogP contribution in [-0.4, -0.2) is 0 Å². The Morgan fingerprint density at radius 1 is 1.21 bits per heavy atom. The van der Waals surface area contributed by atoms with Gasteiger partial charge in [0.05, 0.1) is 0 Å². The van der Waals surface area contributed by atoms with E-state index in [2.05, 4.69) is 13.8 Å². The van der Waals surface area contributed by atoms with Gasteiger partial charge < -0.3 is 5.73 Å². The third-order valence-corrected chi connectivity index (χ3v) is 4.79. The number of rotatable bonds is 2. The van der Waals surface area contributed by atoms with Gasteiger partial charge in [0.1, 0.15) is 5.82 Å². The second kappa shape index (κ2) is 5.24. The number of nitrogens with two attached hydrogens (primary N) is 1. The van der Waals surface area contributed by atoms with Crippen LogP contribution in [0.2, 0.25) is 0 Å². The first-order valence-electron chi connectivity index (χ1n) is 7.39. The smallest absolute Gasteiger partial charge is 0.128 e. The Kier molecular flexibility index (Phi) is 4.00. The lowest BCUT2D eigenvalue weighted by atomic mass is 9.69. The molecular weight excluding hydrogens is 237 g/mol. The van der Waals surface area contributed by atoms with Crippen LogP contribution in [0.4, 0.5) is 4.39 Å². The molecule has 2 N–H and O–H groups in total. The maximum Gasteiger partial charge on any atom is 0.128 e. The van der Waals surface area contributed by atoms with Gasteiger partial charge in [-0.15, -0.1) is 0 Å². The molecule has 1 nitrogen and oxygen atoms in total. The van der Waals surface area contributed by atoms with Crippen molar-refractivity contribution in [3.05, 3.63) is 34.6 Å². The predicted octanol–water partition coefficient (Wildman–Crippen LogP) is 4.44. The first kappa shape index (κ1) is 14.5. The molecule has 0 radical (unpaired) electrons. The first-order chi connectivity index (χ1) is 8.83. The van der Waals surface area contributed by atoms with Gasteiger partial charge in [0.15, 0.2) is 0 Å². The van der Waals surface area contributed by atoms with E-state index in [9.17, 15) is 4.39 Å². The Labute approximate surface area is 116 Å². The summed E-state index contributed by atoms with van der Waals surface area (Å²) < 4.78 is 14.3. The van der Waals surface area contributed by atoms with Crippen molar-refractivity contribution in [2.75, 3.05) is 0 Å². The molecule has 0 amide bonds. The Morgan fingerprint density at radius 2 is 1.79 bits per heavy atom. The van der Waals surface area contributed by atoms with E-state index in [-0.39, 0.29) is 5.82 Å². The fraction of sp³-hybridized carbons (Fsp3) is 0.647. The van der Waals surface area contributed by atoms with E-state index in [1.54, 1.807) is 6.07 Å². The molecule has 0 heterocycles. The topological polar surface area (TPSA) is 26.0 Å². The van der Waals surface area contributed by atoms with E-state index >= 15 is 0 Å². The standard InChI is InChI=1S/C17H26FN/c1-11(2)14-5-7-17(19,8-6-14)16-13(4)9-12(3)10-15(16)18/h9-11,14H,5-8,19H2,1-4H3. The van der Waals surface area contributed by atoms with Crippen LogP contribution in [0, 0.1) is 31.5 Å². The zero-order valence-corrected chi connectivity index (χ0v) is 12.6. The van der Waals surface area contributed by atoms with Crippen molar-refractivity contribution in [1.29, 1.82) is 0 Å². The molecule has 1 aliphatic carbocycles. The molecule has 0 spiro atoms. The van der Waals surface area contributed by atoms with Crippen LogP contribution >= 0.6 is 0 Å². The summed E-state index contributed by atoms with van der Waals surface area (Å²) in [5.41, 5.74) is 8.81. The predicted molar refractivity (Wildman–Crippen MR) is 78.5 cm³/mol. The lowest BCUT2D eigenvalue weighted by Crippen LogP contribution is -2.42. The minimum atomic E-state index is -0.465. The summed E-state index contributed by atoms with van der Waals surface area (Å²) in [7, 11) is 0. The van der Waals surface area contributed by atoms with Crippen molar-refractivity contribution < 1.29 is 4.39 Å². The first-order valence-corrected chi connectivity index (χ1v) is 7.39. The maximum atomic E-state index is 14.3. The highest BCUT2D eigenvalue weighted by Gasteiger charge is 2.36. The Hall–Kier alpha value is -0.890. The highest BCUT2D eigenvalue weighted by Crippen LogP contribution is 2.42. The van der Waals surface area contributed by atoms with Crippen LogP contribution in [0.5, 0.6) is 0 Å². The van der Waals surface area contributed by atoms with E-state index in [1.165, 1.54) is 0 Å². The zero-order chi connectivity index (χ0) is 14.2. The molecule has 2 rings (SSSR count). The third-order valence-electron chi connectivity index (χ3n) is 4.79. The van der Waals surface area contributed by atoms with Crippen LogP contribution < -0.4 is 5.73 Å². The van der Waals surface area contributed by atoms with Gasteiger partial charge in [-0.05, 0) is 68.6 Å². The minimum Gasteiger partial charge on any atom is -0.321 e. The monoisotopic (exact) mass is 263 g/mol. The number of aryl methyl sites for hydroxylation is 2. The second-order valence-electron chi connectivity index (χ2n) is 6.68. The second-order valence-corrected chi connectivity index (χ2v) is 6.68. The van der Waals surface area contributed by atoms with Gasteiger partial charge in [-0.25, -0.2) is 4.39 Å². The van der Waals surface area contributed by atoms with Gasteiger partial charge in [0.25, 0.3) is 0 Å². The molecule has 0 unspecified atom stereocenters. The van der Waals surface area contributed by atoms with E-state index in [0.29, 0.717) is 5.92 Å². The lowest BCUT2D eigenvalue weighted by molar-refractivity contribution is 0.192. The molecular formula is C17H26FN. The van der Waals surface area contributed by atoms with Gasteiger partial charge >= 0.3 is 0 Å². The van der Waals surface area contributed by atoms with Crippen molar-refractivity contribution >= 4 is 0 Å². The molecule has 0 atom stereocenters.